The number of benzene rings is 1. The molecule has 3 aromatic rings. The molecule has 9 heteroatoms. The molecule has 0 spiro atoms. The van der Waals surface area contributed by atoms with Crippen LogP contribution in [-0.4, -0.2) is 35.6 Å². The Morgan fingerprint density at radius 2 is 1.88 bits per heavy atom. The van der Waals surface area contributed by atoms with E-state index in [-0.39, 0.29) is 11.6 Å². The van der Waals surface area contributed by atoms with E-state index in [4.69, 9.17) is 21.1 Å². The van der Waals surface area contributed by atoms with E-state index < -0.39 is 22.6 Å². The topological polar surface area (TPSA) is 73.3 Å². The summed E-state index contributed by atoms with van der Waals surface area (Å²) >= 11 is 5.48. The largest absolute Gasteiger partial charge is 0.491 e. The lowest BCUT2D eigenvalue weighted by Crippen LogP contribution is -2.38. The maximum Gasteiger partial charge on any atom is 0.251 e. The Morgan fingerprint density at radius 3 is 2.56 bits per heavy atom. The molecule has 1 saturated carbocycles. The molecule has 1 aliphatic carbocycles. The number of halogens is 3. The monoisotopic (exact) mass is 461 g/mol. The van der Waals surface area contributed by atoms with E-state index in [2.05, 4.69) is 15.3 Å². The first-order chi connectivity index (χ1) is 15.4. The number of ether oxygens (including phenoxy) is 2. The Balaban J connectivity index is 1.31. The van der Waals surface area contributed by atoms with Crippen molar-refractivity contribution in [3.63, 3.8) is 0 Å². The third-order valence-electron chi connectivity index (χ3n) is 5.63. The SMILES string of the molecule is COc1ccc2nccc(OCC3CCC(NC(=O)c4cc(F)c(Cl)c(F)c4)CC3)c2n1. The Kier molecular flexibility index (Phi) is 6.69. The van der Waals surface area contributed by atoms with E-state index in [0.29, 0.717) is 29.7 Å². The van der Waals surface area contributed by atoms with E-state index in [1.54, 1.807) is 25.4 Å². The van der Waals surface area contributed by atoms with E-state index in [1.807, 2.05) is 6.07 Å². The molecule has 1 aliphatic rings. The zero-order chi connectivity index (χ0) is 22.7. The fraction of sp³-hybridized carbons (Fsp3) is 0.348. The average Bonchev–Trinajstić information content (AvgIpc) is 2.81. The molecule has 0 bridgehead atoms. The summed E-state index contributed by atoms with van der Waals surface area (Å²) in [5, 5.41) is 2.24. The van der Waals surface area contributed by atoms with Gasteiger partial charge in [-0.25, -0.2) is 13.8 Å². The molecule has 0 unspecified atom stereocenters. The van der Waals surface area contributed by atoms with Gasteiger partial charge in [-0.05, 0) is 49.8 Å². The van der Waals surface area contributed by atoms with Crippen LogP contribution in [0, 0.1) is 17.6 Å². The maximum absolute atomic E-state index is 13.6. The van der Waals surface area contributed by atoms with E-state index >= 15 is 0 Å². The van der Waals surface area contributed by atoms with E-state index in [1.165, 1.54) is 0 Å². The highest BCUT2D eigenvalue weighted by atomic mass is 35.5. The van der Waals surface area contributed by atoms with Crippen molar-refractivity contribution < 1.29 is 23.0 Å². The predicted molar refractivity (Wildman–Crippen MR) is 116 cm³/mol. The summed E-state index contributed by atoms with van der Waals surface area (Å²) in [5.41, 5.74) is 1.29. The van der Waals surface area contributed by atoms with Crippen molar-refractivity contribution in [2.75, 3.05) is 13.7 Å². The Labute approximate surface area is 188 Å². The molecule has 0 aliphatic heterocycles. The average molecular weight is 462 g/mol. The molecule has 0 saturated heterocycles. The molecule has 6 nitrogen and oxygen atoms in total. The second kappa shape index (κ2) is 9.65. The van der Waals surface area contributed by atoms with E-state index in [9.17, 15) is 13.6 Å². The van der Waals surface area contributed by atoms with Gasteiger partial charge in [-0.2, -0.15) is 0 Å². The summed E-state index contributed by atoms with van der Waals surface area (Å²) in [6.45, 7) is 0.520. The molecular weight excluding hydrogens is 440 g/mol. The first-order valence-corrected chi connectivity index (χ1v) is 10.7. The first-order valence-electron chi connectivity index (χ1n) is 10.3. The quantitative estimate of drug-likeness (QED) is 0.526. The Bertz CT molecular complexity index is 1110. The van der Waals surface area contributed by atoms with Gasteiger partial charge in [0.05, 0.1) is 19.2 Å². The summed E-state index contributed by atoms with van der Waals surface area (Å²) < 4.78 is 38.5. The zero-order valence-electron chi connectivity index (χ0n) is 17.4. The molecule has 1 aromatic carbocycles. The number of nitrogens with zero attached hydrogens (tertiary/aromatic N) is 2. The van der Waals surface area contributed by atoms with Crippen molar-refractivity contribution in [1.29, 1.82) is 0 Å². The summed E-state index contributed by atoms with van der Waals surface area (Å²) in [7, 11) is 1.56. The van der Waals surface area contributed by atoms with Gasteiger partial charge in [0.2, 0.25) is 5.88 Å². The van der Waals surface area contributed by atoms with Gasteiger partial charge >= 0.3 is 0 Å². The van der Waals surface area contributed by atoms with Gasteiger partial charge < -0.3 is 14.8 Å². The fourth-order valence-corrected chi connectivity index (χ4v) is 3.96. The van der Waals surface area contributed by atoms with Crippen molar-refractivity contribution in [3.05, 3.63) is 58.7 Å². The van der Waals surface area contributed by atoms with Crippen molar-refractivity contribution >= 4 is 28.5 Å². The van der Waals surface area contributed by atoms with Crippen LogP contribution in [0.15, 0.2) is 36.5 Å². The number of rotatable bonds is 6. The number of aromatic nitrogens is 2. The predicted octanol–water partition coefficient (Wildman–Crippen LogP) is 4.94. The van der Waals surface area contributed by atoms with Crippen LogP contribution in [0.25, 0.3) is 11.0 Å². The molecule has 2 heterocycles. The second-order valence-electron chi connectivity index (χ2n) is 7.79. The standard InChI is InChI=1S/C23H22ClF2N3O3/c1-31-20-7-6-18-22(29-20)19(8-9-27-18)32-12-13-2-4-15(5-3-13)28-23(30)14-10-16(25)21(24)17(26)11-14/h6-11,13,15H,2-5,12H2,1H3,(H,28,30). The minimum atomic E-state index is -0.951. The second-order valence-corrected chi connectivity index (χ2v) is 8.16. The molecule has 32 heavy (non-hydrogen) atoms. The highest BCUT2D eigenvalue weighted by Gasteiger charge is 2.24. The minimum absolute atomic E-state index is 0.0618. The van der Waals surface area contributed by atoms with Crippen LogP contribution in [-0.2, 0) is 0 Å². The highest BCUT2D eigenvalue weighted by Crippen LogP contribution is 2.29. The van der Waals surface area contributed by atoms with Crippen LogP contribution in [0.3, 0.4) is 0 Å². The normalized spacial score (nSPS) is 18.4. The highest BCUT2D eigenvalue weighted by molar-refractivity contribution is 6.31. The lowest BCUT2D eigenvalue weighted by Gasteiger charge is -2.29. The Hall–Kier alpha value is -3.00. The van der Waals surface area contributed by atoms with E-state index in [0.717, 1.165) is 43.3 Å². The van der Waals surface area contributed by atoms with Crippen LogP contribution in [0.2, 0.25) is 5.02 Å². The number of fused-ring (bicyclic) bond motifs is 1. The van der Waals surface area contributed by atoms with Gasteiger partial charge in [-0.15, -0.1) is 0 Å². The Morgan fingerprint density at radius 1 is 1.16 bits per heavy atom. The number of pyridine rings is 2. The zero-order valence-corrected chi connectivity index (χ0v) is 18.2. The fourth-order valence-electron chi connectivity index (χ4n) is 3.85. The van der Waals surface area contributed by atoms with Crippen molar-refractivity contribution in [1.82, 2.24) is 15.3 Å². The molecule has 168 valence electrons. The lowest BCUT2D eigenvalue weighted by atomic mass is 9.86. The van der Waals surface area contributed by atoms with Gasteiger partial charge in [0.1, 0.15) is 27.9 Å². The molecular formula is C23H22ClF2N3O3. The third kappa shape index (κ3) is 4.91. The van der Waals surface area contributed by atoms with Crippen LogP contribution < -0.4 is 14.8 Å². The number of carbonyl (C=O) groups is 1. The number of carbonyl (C=O) groups excluding carboxylic acids is 1. The van der Waals surface area contributed by atoms with Crippen molar-refractivity contribution in [2.45, 2.75) is 31.7 Å². The molecule has 0 radical (unpaired) electrons. The maximum atomic E-state index is 13.6. The van der Waals surface area contributed by atoms with Gasteiger partial charge in [0.25, 0.3) is 5.91 Å². The molecule has 1 amide bonds. The third-order valence-corrected chi connectivity index (χ3v) is 5.99. The van der Waals surface area contributed by atoms with Gasteiger partial charge in [0, 0.05) is 29.9 Å². The number of hydrogen-bond acceptors (Lipinski definition) is 5. The van der Waals surface area contributed by atoms with Crippen LogP contribution in [0.5, 0.6) is 11.6 Å². The van der Waals surface area contributed by atoms with Crippen LogP contribution in [0.1, 0.15) is 36.0 Å². The van der Waals surface area contributed by atoms with Crippen LogP contribution in [0.4, 0.5) is 8.78 Å². The summed E-state index contributed by atoms with van der Waals surface area (Å²) in [6, 6.07) is 7.20. The summed E-state index contributed by atoms with van der Waals surface area (Å²) in [6.07, 6.45) is 4.89. The molecule has 0 atom stereocenters. The minimum Gasteiger partial charge on any atom is -0.491 e. The van der Waals surface area contributed by atoms with Gasteiger partial charge in [-0.3, -0.25) is 9.78 Å². The molecule has 1 N–H and O–H groups in total. The molecule has 2 aromatic heterocycles. The number of methoxy groups -OCH3 is 1. The smallest absolute Gasteiger partial charge is 0.251 e. The van der Waals surface area contributed by atoms with Crippen molar-refractivity contribution in [2.24, 2.45) is 5.92 Å². The molecule has 4 rings (SSSR count). The number of hydrogen-bond donors (Lipinski definition) is 1. The van der Waals surface area contributed by atoms with Crippen LogP contribution >= 0.6 is 11.6 Å². The summed E-state index contributed by atoms with van der Waals surface area (Å²) in [4.78, 5) is 21.1. The number of amides is 1. The summed E-state index contributed by atoms with van der Waals surface area (Å²) in [5.74, 6) is -0.949. The molecule has 1 fully saturated rings. The van der Waals surface area contributed by atoms with Gasteiger partial charge in [-0.1, -0.05) is 11.6 Å². The number of nitrogens with one attached hydrogen (secondary N) is 1. The lowest BCUT2D eigenvalue weighted by molar-refractivity contribution is 0.0915. The van der Waals surface area contributed by atoms with Crippen molar-refractivity contribution in [3.8, 4) is 11.6 Å². The van der Waals surface area contributed by atoms with Gasteiger partial charge in [0.15, 0.2) is 0 Å². The first kappa shape index (κ1) is 22.2.